The van der Waals surface area contributed by atoms with Gasteiger partial charge in [-0.3, -0.25) is 4.90 Å². The molecular formula is C19H25N3. The van der Waals surface area contributed by atoms with Crippen molar-refractivity contribution in [1.29, 1.82) is 0 Å². The van der Waals surface area contributed by atoms with E-state index in [0.717, 1.165) is 12.0 Å². The summed E-state index contributed by atoms with van der Waals surface area (Å²) >= 11 is 0. The van der Waals surface area contributed by atoms with Crippen LogP contribution in [0.2, 0.25) is 0 Å². The number of nitrogens with two attached hydrogens (primary N) is 1. The first kappa shape index (κ1) is 15.0. The number of benzene rings is 1. The summed E-state index contributed by atoms with van der Waals surface area (Å²) in [7, 11) is 0. The van der Waals surface area contributed by atoms with Gasteiger partial charge in [-0.05, 0) is 55.6 Å². The van der Waals surface area contributed by atoms with E-state index in [1.807, 2.05) is 12.1 Å². The molecule has 3 nitrogen and oxygen atoms in total. The van der Waals surface area contributed by atoms with Crippen molar-refractivity contribution in [3.63, 3.8) is 0 Å². The maximum absolute atomic E-state index is 5.93. The summed E-state index contributed by atoms with van der Waals surface area (Å²) in [6.45, 7) is 4.78. The van der Waals surface area contributed by atoms with Gasteiger partial charge in [0.25, 0.3) is 0 Å². The number of likely N-dealkylation sites (tertiary alicyclic amines) is 1. The molecule has 1 aromatic carbocycles. The van der Waals surface area contributed by atoms with E-state index in [2.05, 4.69) is 41.1 Å². The Bertz CT molecular complexity index is 600. The average molecular weight is 295 g/mol. The third kappa shape index (κ3) is 3.47. The van der Waals surface area contributed by atoms with E-state index >= 15 is 0 Å². The van der Waals surface area contributed by atoms with E-state index in [1.54, 1.807) is 6.20 Å². The molecular weight excluding hydrogens is 270 g/mol. The van der Waals surface area contributed by atoms with Gasteiger partial charge in [0.1, 0.15) is 5.82 Å². The first-order valence-corrected chi connectivity index (χ1v) is 8.26. The van der Waals surface area contributed by atoms with Crippen molar-refractivity contribution in [3.05, 3.63) is 59.3 Å². The molecule has 116 valence electrons. The molecule has 1 unspecified atom stereocenters. The highest BCUT2D eigenvalue weighted by atomic mass is 15.2. The zero-order valence-electron chi connectivity index (χ0n) is 13.3. The van der Waals surface area contributed by atoms with Crippen LogP contribution in [0.5, 0.6) is 0 Å². The van der Waals surface area contributed by atoms with Crippen molar-refractivity contribution in [2.45, 2.75) is 38.6 Å². The number of nitrogens with zero attached hydrogens (tertiary/aromatic N) is 2. The van der Waals surface area contributed by atoms with Gasteiger partial charge < -0.3 is 5.73 Å². The maximum atomic E-state index is 5.93. The molecule has 22 heavy (non-hydrogen) atoms. The van der Waals surface area contributed by atoms with Crippen LogP contribution in [-0.2, 0) is 6.42 Å². The molecule has 0 aliphatic carbocycles. The lowest BCUT2D eigenvalue weighted by atomic mass is 9.99. The number of rotatable bonds is 4. The lowest BCUT2D eigenvalue weighted by Gasteiger charge is -2.32. The second-order valence-corrected chi connectivity index (χ2v) is 6.24. The van der Waals surface area contributed by atoms with Crippen LogP contribution in [0, 0.1) is 0 Å². The SMILES string of the molecule is CC(c1ccc(Cc2cccnc2N)cc1)N1CCCCC1. The number of aromatic nitrogens is 1. The lowest BCUT2D eigenvalue weighted by molar-refractivity contribution is 0.175. The highest BCUT2D eigenvalue weighted by Crippen LogP contribution is 2.25. The Morgan fingerprint density at radius 1 is 1.09 bits per heavy atom. The summed E-state index contributed by atoms with van der Waals surface area (Å²) in [5.41, 5.74) is 9.72. The van der Waals surface area contributed by atoms with Gasteiger partial charge in [-0.15, -0.1) is 0 Å². The molecule has 3 heteroatoms. The molecule has 3 rings (SSSR count). The number of anilines is 1. The molecule has 0 saturated carbocycles. The Hall–Kier alpha value is -1.87. The maximum Gasteiger partial charge on any atom is 0.126 e. The van der Waals surface area contributed by atoms with Crippen molar-refractivity contribution < 1.29 is 0 Å². The lowest BCUT2D eigenvalue weighted by Crippen LogP contribution is -2.32. The molecule has 2 N–H and O–H groups in total. The van der Waals surface area contributed by atoms with Crippen LogP contribution in [0.1, 0.15) is 48.9 Å². The van der Waals surface area contributed by atoms with Gasteiger partial charge in [0.15, 0.2) is 0 Å². The highest BCUT2D eigenvalue weighted by molar-refractivity contribution is 5.42. The van der Waals surface area contributed by atoms with Crippen LogP contribution in [0.25, 0.3) is 0 Å². The topological polar surface area (TPSA) is 42.1 Å². The quantitative estimate of drug-likeness (QED) is 0.933. The minimum atomic E-state index is 0.512. The normalized spacial score (nSPS) is 17.3. The minimum absolute atomic E-state index is 0.512. The number of pyridine rings is 1. The predicted molar refractivity (Wildman–Crippen MR) is 91.7 cm³/mol. The van der Waals surface area contributed by atoms with Crippen molar-refractivity contribution in [3.8, 4) is 0 Å². The fourth-order valence-electron chi connectivity index (χ4n) is 3.25. The molecule has 0 amide bonds. The summed E-state index contributed by atoms with van der Waals surface area (Å²) in [5, 5.41) is 0. The first-order valence-electron chi connectivity index (χ1n) is 8.26. The van der Waals surface area contributed by atoms with Crippen LogP contribution >= 0.6 is 0 Å². The standard InChI is InChI=1S/C19H25N3/c1-15(22-12-3-2-4-13-22)17-9-7-16(8-10-17)14-18-6-5-11-21-19(18)20/h5-11,15H,2-4,12-14H2,1H3,(H2,20,21). The Kier molecular flexibility index (Phi) is 4.74. The Balaban J connectivity index is 1.68. The first-order chi connectivity index (χ1) is 10.7. The summed E-state index contributed by atoms with van der Waals surface area (Å²) in [4.78, 5) is 6.75. The molecule has 1 atom stereocenters. The summed E-state index contributed by atoms with van der Waals surface area (Å²) < 4.78 is 0. The van der Waals surface area contributed by atoms with Gasteiger partial charge in [-0.25, -0.2) is 4.98 Å². The van der Waals surface area contributed by atoms with Crippen molar-refractivity contribution in [2.75, 3.05) is 18.8 Å². The Labute approximate surface area is 133 Å². The summed E-state index contributed by atoms with van der Waals surface area (Å²) in [6.07, 6.45) is 6.64. The third-order valence-corrected chi connectivity index (χ3v) is 4.72. The van der Waals surface area contributed by atoms with Crippen molar-refractivity contribution in [2.24, 2.45) is 0 Å². The number of nitrogen functional groups attached to an aromatic ring is 1. The van der Waals surface area contributed by atoms with Gasteiger partial charge in [0, 0.05) is 18.7 Å². The molecule has 1 fully saturated rings. The molecule has 2 aromatic rings. The summed E-state index contributed by atoms with van der Waals surface area (Å²) in [6, 6.07) is 13.5. The van der Waals surface area contributed by atoms with Gasteiger partial charge in [0.2, 0.25) is 0 Å². The fraction of sp³-hybridized carbons (Fsp3) is 0.421. The number of hydrogen-bond donors (Lipinski definition) is 1. The van der Waals surface area contributed by atoms with Gasteiger partial charge >= 0.3 is 0 Å². The molecule has 2 heterocycles. The Morgan fingerprint density at radius 2 is 1.82 bits per heavy atom. The second-order valence-electron chi connectivity index (χ2n) is 6.24. The van der Waals surface area contributed by atoms with Crippen molar-refractivity contribution in [1.82, 2.24) is 9.88 Å². The van der Waals surface area contributed by atoms with Gasteiger partial charge in [0.05, 0.1) is 0 Å². The molecule has 0 spiro atoms. The zero-order chi connectivity index (χ0) is 15.4. The minimum Gasteiger partial charge on any atom is -0.383 e. The number of piperidine rings is 1. The monoisotopic (exact) mass is 295 g/mol. The zero-order valence-corrected chi connectivity index (χ0v) is 13.3. The molecule has 0 radical (unpaired) electrons. The summed E-state index contributed by atoms with van der Waals surface area (Å²) in [5.74, 6) is 0.633. The van der Waals surface area contributed by atoms with Gasteiger partial charge in [-0.1, -0.05) is 36.8 Å². The third-order valence-electron chi connectivity index (χ3n) is 4.72. The highest BCUT2D eigenvalue weighted by Gasteiger charge is 2.17. The van der Waals surface area contributed by atoms with Crippen LogP contribution in [0.4, 0.5) is 5.82 Å². The van der Waals surface area contributed by atoms with Crippen LogP contribution < -0.4 is 5.73 Å². The molecule has 1 aliphatic rings. The molecule has 0 bridgehead atoms. The molecule has 1 aromatic heterocycles. The van der Waals surface area contributed by atoms with Crippen molar-refractivity contribution >= 4 is 5.82 Å². The second kappa shape index (κ2) is 6.93. The van der Waals surface area contributed by atoms with Crippen LogP contribution in [0.15, 0.2) is 42.6 Å². The van der Waals surface area contributed by atoms with E-state index in [4.69, 9.17) is 5.73 Å². The van der Waals surface area contributed by atoms with E-state index in [-0.39, 0.29) is 0 Å². The van der Waals surface area contributed by atoms with E-state index in [0.29, 0.717) is 11.9 Å². The van der Waals surface area contributed by atoms with E-state index < -0.39 is 0 Å². The van der Waals surface area contributed by atoms with Gasteiger partial charge in [-0.2, -0.15) is 0 Å². The average Bonchev–Trinajstić information content (AvgIpc) is 2.58. The fourth-order valence-corrected chi connectivity index (χ4v) is 3.25. The largest absolute Gasteiger partial charge is 0.383 e. The predicted octanol–water partition coefficient (Wildman–Crippen LogP) is 3.80. The van der Waals surface area contributed by atoms with E-state index in [1.165, 1.54) is 43.5 Å². The number of hydrogen-bond acceptors (Lipinski definition) is 3. The van der Waals surface area contributed by atoms with Crippen LogP contribution in [0.3, 0.4) is 0 Å². The Morgan fingerprint density at radius 3 is 2.50 bits per heavy atom. The molecule has 1 saturated heterocycles. The van der Waals surface area contributed by atoms with Crippen LogP contribution in [-0.4, -0.2) is 23.0 Å². The van der Waals surface area contributed by atoms with E-state index in [9.17, 15) is 0 Å². The molecule has 1 aliphatic heterocycles. The smallest absolute Gasteiger partial charge is 0.126 e.